The van der Waals surface area contributed by atoms with E-state index in [1.54, 1.807) is 13.2 Å². The second kappa shape index (κ2) is 11.4. The Labute approximate surface area is 196 Å². The molecule has 1 aliphatic heterocycles. The second-order valence-electron chi connectivity index (χ2n) is 7.30. The summed E-state index contributed by atoms with van der Waals surface area (Å²) in [5.74, 6) is 1.43. The molecular weight excluding hydrogens is 493 g/mol. The average molecular weight is 525 g/mol. The van der Waals surface area contributed by atoms with Crippen molar-refractivity contribution in [1.29, 1.82) is 0 Å². The van der Waals surface area contributed by atoms with Gasteiger partial charge in [0.25, 0.3) is 0 Å². The molecule has 1 unspecified atom stereocenters. The molecule has 3 rings (SSSR count). The molecule has 0 saturated carbocycles. The number of benzene rings is 2. The van der Waals surface area contributed by atoms with Crippen LogP contribution in [0.4, 0.5) is 0 Å². The fourth-order valence-corrected chi connectivity index (χ4v) is 3.66. The summed E-state index contributed by atoms with van der Waals surface area (Å²) in [6, 6.07) is 12.0. The molecule has 0 aromatic heterocycles. The van der Waals surface area contributed by atoms with Crippen LogP contribution in [0.1, 0.15) is 35.3 Å². The summed E-state index contributed by atoms with van der Waals surface area (Å²) in [5, 5.41) is 13.7. The van der Waals surface area contributed by atoms with Gasteiger partial charge in [0.05, 0.1) is 26.8 Å². The largest absolute Gasteiger partial charge is 0.504 e. The van der Waals surface area contributed by atoms with E-state index in [1.165, 1.54) is 16.7 Å². The molecular formula is C23H32IN3O3. The summed E-state index contributed by atoms with van der Waals surface area (Å²) in [5.41, 5.74) is 4.47. The predicted octanol–water partition coefficient (Wildman–Crippen LogP) is 4.17. The lowest BCUT2D eigenvalue weighted by Gasteiger charge is -2.36. The van der Waals surface area contributed by atoms with Crippen LogP contribution in [0.25, 0.3) is 0 Å². The van der Waals surface area contributed by atoms with Crippen molar-refractivity contribution in [2.75, 3.05) is 33.4 Å². The summed E-state index contributed by atoms with van der Waals surface area (Å²) in [7, 11) is 1.55. The van der Waals surface area contributed by atoms with Crippen LogP contribution in [0.15, 0.2) is 41.4 Å². The standard InChI is InChI=1S/C23H31N3O3.HI/c1-5-24-23(25-14-18-7-6-8-20(28-4)22(18)27)26-11-12-29-21(15-26)19-10-9-16(2)13-17(19)3;/h6-10,13,21,27H,5,11-12,14-15H2,1-4H3,(H,24,25);1H. The number of nitrogens with zero attached hydrogens (tertiary/aromatic N) is 2. The van der Waals surface area contributed by atoms with E-state index in [9.17, 15) is 5.11 Å². The first-order chi connectivity index (χ1) is 14.0. The number of rotatable bonds is 5. The molecule has 0 aliphatic carbocycles. The van der Waals surface area contributed by atoms with Crippen LogP contribution in [0, 0.1) is 13.8 Å². The van der Waals surface area contributed by atoms with Gasteiger partial charge in [-0.2, -0.15) is 0 Å². The van der Waals surface area contributed by atoms with Crippen LogP contribution in [0.2, 0.25) is 0 Å². The van der Waals surface area contributed by atoms with Gasteiger partial charge in [-0.25, -0.2) is 4.99 Å². The molecule has 30 heavy (non-hydrogen) atoms. The summed E-state index contributed by atoms with van der Waals surface area (Å²) in [6.07, 6.45) is 0.0124. The number of phenolic OH excluding ortho intramolecular Hbond substituents is 1. The first kappa shape index (κ1) is 24.3. The third kappa shape index (κ3) is 5.78. The van der Waals surface area contributed by atoms with Crippen molar-refractivity contribution in [2.45, 2.75) is 33.4 Å². The van der Waals surface area contributed by atoms with E-state index in [0.29, 0.717) is 18.9 Å². The van der Waals surface area contributed by atoms with Crippen LogP contribution in [-0.4, -0.2) is 49.3 Å². The summed E-state index contributed by atoms with van der Waals surface area (Å²) in [4.78, 5) is 7.00. The molecule has 0 spiro atoms. The highest BCUT2D eigenvalue weighted by molar-refractivity contribution is 14.0. The molecule has 2 aromatic rings. The predicted molar refractivity (Wildman–Crippen MR) is 131 cm³/mol. The number of aryl methyl sites for hydroxylation is 2. The van der Waals surface area contributed by atoms with Crippen molar-refractivity contribution in [2.24, 2.45) is 4.99 Å². The van der Waals surface area contributed by atoms with E-state index in [-0.39, 0.29) is 35.8 Å². The number of methoxy groups -OCH3 is 1. The van der Waals surface area contributed by atoms with Crippen molar-refractivity contribution in [3.05, 3.63) is 58.7 Å². The maximum absolute atomic E-state index is 10.3. The lowest BCUT2D eigenvalue weighted by Crippen LogP contribution is -2.48. The van der Waals surface area contributed by atoms with Gasteiger partial charge in [-0.05, 0) is 38.0 Å². The van der Waals surface area contributed by atoms with Gasteiger partial charge in [0.15, 0.2) is 17.5 Å². The molecule has 0 radical (unpaired) electrons. The number of halogens is 1. The Morgan fingerprint density at radius 1 is 1.30 bits per heavy atom. The Morgan fingerprint density at radius 3 is 2.80 bits per heavy atom. The highest BCUT2D eigenvalue weighted by Crippen LogP contribution is 2.30. The quantitative estimate of drug-likeness (QED) is 0.349. The minimum Gasteiger partial charge on any atom is -0.504 e. The molecule has 2 aromatic carbocycles. The van der Waals surface area contributed by atoms with Gasteiger partial charge in [0.1, 0.15) is 6.10 Å². The van der Waals surface area contributed by atoms with Crippen molar-refractivity contribution in [1.82, 2.24) is 10.2 Å². The van der Waals surface area contributed by atoms with Gasteiger partial charge in [-0.1, -0.05) is 35.9 Å². The van der Waals surface area contributed by atoms with E-state index in [1.807, 2.05) is 12.1 Å². The van der Waals surface area contributed by atoms with Crippen molar-refractivity contribution in [3.8, 4) is 11.5 Å². The highest BCUT2D eigenvalue weighted by Gasteiger charge is 2.25. The fourth-order valence-electron chi connectivity index (χ4n) is 3.66. The first-order valence-corrected chi connectivity index (χ1v) is 10.1. The molecule has 1 saturated heterocycles. The number of ether oxygens (including phenoxy) is 2. The van der Waals surface area contributed by atoms with Gasteiger partial charge in [0, 0.05) is 18.7 Å². The van der Waals surface area contributed by atoms with Gasteiger partial charge in [-0.15, -0.1) is 24.0 Å². The molecule has 1 atom stereocenters. The number of hydrogen-bond donors (Lipinski definition) is 2. The Balaban J connectivity index is 0.00000320. The molecule has 2 N–H and O–H groups in total. The highest BCUT2D eigenvalue weighted by atomic mass is 127. The van der Waals surface area contributed by atoms with E-state index in [0.717, 1.165) is 31.2 Å². The molecule has 1 heterocycles. The lowest BCUT2D eigenvalue weighted by molar-refractivity contribution is -0.00834. The summed E-state index contributed by atoms with van der Waals surface area (Å²) in [6.45, 7) is 9.60. The van der Waals surface area contributed by atoms with Crippen LogP contribution in [0.5, 0.6) is 11.5 Å². The van der Waals surface area contributed by atoms with Crippen molar-refractivity contribution in [3.63, 3.8) is 0 Å². The number of para-hydroxylation sites is 1. The smallest absolute Gasteiger partial charge is 0.194 e. The minimum atomic E-state index is 0. The number of phenols is 1. The fraction of sp³-hybridized carbons (Fsp3) is 0.435. The van der Waals surface area contributed by atoms with Crippen molar-refractivity contribution < 1.29 is 14.6 Å². The number of aromatic hydroxyl groups is 1. The zero-order valence-electron chi connectivity index (χ0n) is 18.1. The number of aliphatic imine (C=N–C) groups is 1. The first-order valence-electron chi connectivity index (χ1n) is 10.1. The summed E-state index contributed by atoms with van der Waals surface area (Å²) >= 11 is 0. The van der Waals surface area contributed by atoms with E-state index in [2.05, 4.69) is 49.2 Å². The Kier molecular flexibility index (Phi) is 9.23. The number of hydrogen-bond acceptors (Lipinski definition) is 4. The van der Waals surface area contributed by atoms with Gasteiger partial charge in [0.2, 0.25) is 0 Å². The van der Waals surface area contributed by atoms with E-state index >= 15 is 0 Å². The molecule has 0 amide bonds. The topological polar surface area (TPSA) is 66.3 Å². The Bertz CT molecular complexity index is 873. The van der Waals surface area contributed by atoms with Crippen molar-refractivity contribution >= 4 is 29.9 Å². The number of guanidine groups is 1. The van der Waals surface area contributed by atoms with E-state index < -0.39 is 0 Å². The SMILES string of the molecule is CCNC(=NCc1cccc(OC)c1O)N1CCOC(c2ccc(C)cc2C)C1.I. The molecule has 1 aliphatic rings. The molecule has 7 heteroatoms. The van der Waals surface area contributed by atoms with E-state index in [4.69, 9.17) is 14.5 Å². The lowest BCUT2D eigenvalue weighted by atomic mass is 10.00. The zero-order chi connectivity index (χ0) is 20.8. The number of morpholine rings is 1. The third-order valence-electron chi connectivity index (χ3n) is 5.17. The molecule has 0 bridgehead atoms. The van der Waals surface area contributed by atoms with Crippen LogP contribution >= 0.6 is 24.0 Å². The molecule has 6 nitrogen and oxygen atoms in total. The van der Waals surface area contributed by atoms with Crippen LogP contribution in [0.3, 0.4) is 0 Å². The monoisotopic (exact) mass is 525 g/mol. The normalized spacial score (nSPS) is 16.7. The maximum atomic E-state index is 10.3. The third-order valence-corrected chi connectivity index (χ3v) is 5.17. The molecule has 164 valence electrons. The number of nitrogens with one attached hydrogen (secondary N) is 1. The van der Waals surface area contributed by atoms with Gasteiger partial charge >= 0.3 is 0 Å². The van der Waals surface area contributed by atoms with Gasteiger partial charge < -0.3 is 24.8 Å². The zero-order valence-corrected chi connectivity index (χ0v) is 20.5. The Hall–Kier alpha value is -2.00. The Morgan fingerprint density at radius 2 is 2.10 bits per heavy atom. The second-order valence-corrected chi connectivity index (χ2v) is 7.30. The average Bonchev–Trinajstić information content (AvgIpc) is 2.72. The minimum absolute atomic E-state index is 0. The van der Waals surface area contributed by atoms with Gasteiger partial charge in [-0.3, -0.25) is 0 Å². The van der Waals surface area contributed by atoms with Crippen LogP contribution < -0.4 is 10.1 Å². The van der Waals surface area contributed by atoms with Crippen LogP contribution in [-0.2, 0) is 11.3 Å². The maximum Gasteiger partial charge on any atom is 0.194 e. The summed E-state index contributed by atoms with van der Waals surface area (Å²) < 4.78 is 11.3. The molecule has 1 fully saturated rings.